The standard InChI is InChI=1S/C15H20FN3/c1-10(2)15-18-7-8-19(15)14(11(3)17)12-5-4-6-13(16)9-12/h4-11,14H,17H2,1-3H3. The molecule has 2 N–H and O–H groups in total. The van der Waals surface area contributed by atoms with E-state index in [4.69, 9.17) is 5.73 Å². The van der Waals surface area contributed by atoms with Crippen molar-refractivity contribution in [1.82, 2.24) is 9.55 Å². The Bertz CT molecular complexity index is 546. The highest BCUT2D eigenvalue weighted by Crippen LogP contribution is 2.26. The number of nitrogens with zero attached hydrogens (tertiary/aromatic N) is 2. The summed E-state index contributed by atoms with van der Waals surface area (Å²) in [7, 11) is 0. The van der Waals surface area contributed by atoms with Gasteiger partial charge >= 0.3 is 0 Å². The molecule has 0 amide bonds. The predicted octanol–water partition coefficient (Wildman–Crippen LogP) is 3.08. The van der Waals surface area contributed by atoms with Crippen molar-refractivity contribution in [3.05, 3.63) is 53.9 Å². The van der Waals surface area contributed by atoms with E-state index in [2.05, 4.69) is 18.8 Å². The monoisotopic (exact) mass is 261 g/mol. The zero-order chi connectivity index (χ0) is 14.0. The highest BCUT2D eigenvalue weighted by molar-refractivity contribution is 5.24. The van der Waals surface area contributed by atoms with Crippen molar-refractivity contribution in [2.24, 2.45) is 5.73 Å². The second-order valence-corrected chi connectivity index (χ2v) is 5.21. The average Bonchev–Trinajstić information content (AvgIpc) is 2.78. The number of aromatic nitrogens is 2. The zero-order valence-corrected chi connectivity index (χ0v) is 11.5. The molecule has 0 radical (unpaired) electrons. The fourth-order valence-electron chi connectivity index (χ4n) is 2.42. The van der Waals surface area contributed by atoms with Crippen molar-refractivity contribution in [2.75, 3.05) is 0 Å². The molecule has 19 heavy (non-hydrogen) atoms. The molecule has 1 heterocycles. The van der Waals surface area contributed by atoms with Gasteiger partial charge in [-0.1, -0.05) is 26.0 Å². The van der Waals surface area contributed by atoms with E-state index >= 15 is 0 Å². The molecule has 2 rings (SSSR count). The molecule has 3 nitrogen and oxygen atoms in total. The first-order valence-corrected chi connectivity index (χ1v) is 6.54. The molecule has 0 aliphatic rings. The lowest BCUT2D eigenvalue weighted by Gasteiger charge is -2.26. The molecule has 0 aliphatic heterocycles. The topological polar surface area (TPSA) is 43.8 Å². The van der Waals surface area contributed by atoms with Crippen LogP contribution in [-0.2, 0) is 0 Å². The van der Waals surface area contributed by atoms with E-state index in [0.717, 1.165) is 11.4 Å². The molecule has 0 bridgehead atoms. The number of hydrogen-bond acceptors (Lipinski definition) is 2. The second kappa shape index (κ2) is 5.53. The number of imidazole rings is 1. The van der Waals surface area contributed by atoms with Gasteiger partial charge in [0.1, 0.15) is 11.6 Å². The Labute approximate surface area is 113 Å². The third-order valence-electron chi connectivity index (χ3n) is 3.20. The summed E-state index contributed by atoms with van der Waals surface area (Å²) in [6.45, 7) is 6.10. The Morgan fingerprint density at radius 1 is 1.26 bits per heavy atom. The van der Waals surface area contributed by atoms with Gasteiger partial charge in [-0.3, -0.25) is 0 Å². The number of rotatable bonds is 4. The van der Waals surface area contributed by atoms with Crippen LogP contribution in [0.2, 0.25) is 0 Å². The second-order valence-electron chi connectivity index (χ2n) is 5.21. The zero-order valence-electron chi connectivity index (χ0n) is 11.5. The summed E-state index contributed by atoms with van der Waals surface area (Å²) in [5.41, 5.74) is 6.98. The van der Waals surface area contributed by atoms with Gasteiger partial charge in [0, 0.05) is 24.4 Å². The maximum atomic E-state index is 13.4. The van der Waals surface area contributed by atoms with Crippen molar-refractivity contribution < 1.29 is 4.39 Å². The Hall–Kier alpha value is -1.68. The summed E-state index contributed by atoms with van der Waals surface area (Å²) in [5, 5.41) is 0. The van der Waals surface area contributed by atoms with Crippen LogP contribution < -0.4 is 5.73 Å². The van der Waals surface area contributed by atoms with E-state index in [1.54, 1.807) is 12.3 Å². The largest absolute Gasteiger partial charge is 0.326 e. The highest BCUT2D eigenvalue weighted by atomic mass is 19.1. The molecule has 0 aliphatic carbocycles. The number of nitrogens with two attached hydrogens (primary N) is 1. The summed E-state index contributed by atoms with van der Waals surface area (Å²) in [6, 6.07) is 6.37. The van der Waals surface area contributed by atoms with Crippen LogP contribution in [0.25, 0.3) is 0 Å². The number of benzene rings is 1. The fraction of sp³-hybridized carbons (Fsp3) is 0.400. The minimum absolute atomic E-state index is 0.101. The molecule has 0 saturated heterocycles. The molecule has 2 atom stereocenters. The van der Waals surface area contributed by atoms with Crippen LogP contribution in [-0.4, -0.2) is 15.6 Å². The number of halogens is 1. The molecule has 1 aromatic carbocycles. The maximum Gasteiger partial charge on any atom is 0.123 e. The van der Waals surface area contributed by atoms with Crippen LogP contribution in [0.1, 0.15) is 44.1 Å². The Morgan fingerprint density at radius 2 is 2.00 bits per heavy atom. The van der Waals surface area contributed by atoms with E-state index < -0.39 is 0 Å². The quantitative estimate of drug-likeness (QED) is 0.919. The molecular formula is C15H20FN3. The van der Waals surface area contributed by atoms with Gasteiger partial charge in [0.25, 0.3) is 0 Å². The van der Waals surface area contributed by atoms with Gasteiger partial charge < -0.3 is 10.3 Å². The lowest BCUT2D eigenvalue weighted by molar-refractivity contribution is 0.468. The molecule has 0 fully saturated rings. The Balaban J connectivity index is 2.49. The summed E-state index contributed by atoms with van der Waals surface area (Å²) in [5.74, 6) is 1.02. The lowest BCUT2D eigenvalue weighted by Crippen LogP contribution is -2.31. The SMILES string of the molecule is CC(C)c1nccn1C(c1cccc(F)c1)C(C)N. The smallest absolute Gasteiger partial charge is 0.123 e. The minimum Gasteiger partial charge on any atom is -0.326 e. The van der Waals surface area contributed by atoms with Crippen LogP contribution in [0, 0.1) is 5.82 Å². The van der Waals surface area contributed by atoms with Gasteiger partial charge in [0.15, 0.2) is 0 Å². The molecular weight excluding hydrogens is 241 g/mol. The van der Waals surface area contributed by atoms with Gasteiger partial charge in [0.05, 0.1) is 6.04 Å². The van der Waals surface area contributed by atoms with Crippen LogP contribution in [0.15, 0.2) is 36.7 Å². The van der Waals surface area contributed by atoms with E-state index in [9.17, 15) is 4.39 Å². The first kappa shape index (κ1) is 13.7. The molecule has 0 saturated carbocycles. The van der Waals surface area contributed by atoms with Crippen molar-refractivity contribution >= 4 is 0 Å². The number of hydrogen-bond donors (Lipinski definition) is 1. The van der Waals surface area contributed by atoms with Crippen molar-refractivity contribution in [1.29, 1.82) is 0 Å². The van der Waals surface area contributed by atoms with Crippen molar-refractivity contribution in [2.45, 2.75) is 38.8 Å². The van der Waals surface area contributed by atoms with Gasteiger partial charge in [-0.2, -0.15) is 0 Å². The van der Waals surface area contributed by atoms with Crippen molar-refractivity contribution in [3.8, 4) is 0 Å². The molecule has 102 valence electrons. The van der Waals surface area contributed by atoms with Crippen molar-refractivity contribution in [3.63, 3.8) is 0 Å². The van der Waals surface area contributed by atoms with Gasteiger partial charge in [0.2, 0.25) is 0 Å². The molecule has 2 unspecified atom stereocenters. The molecule has 4 heteroatoms. The third kappa shape index (κ3) is 2.84. The average molecular weight is 261 g/mol. The fourth-order valence-corrected chi connectivity index (χ4v) is 2.42. The normalized spacial score (nSPS) is 14.6. The predicted molar refractivity (Wildman–Crippen MR) is 74.5 cm³/mol. The van der Waals surface area contributed by atoms with Crippen LogP contribution >= 0.6 is 0 Å². The maximum absolute atomic E-state index is 13.4. The van der Waals surface area contributed by atoms with E-state index in [1.165, 1.54) is 12.1 Å². The van der Waals surface area contributed by atoms with Gasteiger partial charge in [-0.05, 0) is 24.6 Å². The van der Waals surface area contributed by atoms with Crippen LogP contribution in [0.4, 0.5) is 4.39 Å². The first-order valence-electron chi connectivity index (χ1n) is 6.54. The van der Waals surface area contributed by atoms with E-state index in [-0.39, 0.29) is 17.9 Å². The van der Waals surface area contributed by atoms with Crippen LogP contribution in [0.5, 0.6) is 0 Å². The molecule has 2 aromatic rings. The van der Waals surface area contributed by atoms with Gasteiger partial charge in [-0.25, -0.2) is 9.37 Å². The summed E-state index contributed by atoms with van der Waals surface area (Å²) < 4.78 is 15.5. The van der Waals surface area contributed by atoms with Gasteiger partial charge in [-0.15, -0.1) is 0 Å². The minimum atomic E-state index is -0.241. The molecule has 1 aromatic heterocycles. The summed E-state index contributed by atoms with van der Waals surface area (Å²) in [4.78, 5) is 4.38. The third-order valence-corrected chi connectivity index (χ3v) is 3.20. The first-order chi connectivity index (χ1) is 9.00. The Morgan fingerprint density at radius 3 is 2.58 bits per heavy atom. The lowest BCUT2D eigenvalue weighted by atomic mass is 10.00. The summed E-state index contributed by atoms with van der Waals surface area (Å²) >= 11 is 0. The van der Waals surface area contributed by atoms with E-state index in [1.807, 2.05) is 23.8 Å². The molecule has 0 spiro atoms. The highest BCUT2D eigenvalue weighted by Gasteiger charge is 2.22. The van der Waals surface area contributed by atoms with Crippen LogP contribution in [0.3, 0.4) is 0 Å². The van der Waals surface area contributed by atoms with E-state index in [0.29, 0.717) is 5.92 Å². The summed E-state index contributed by atoms with van der Waals surface area (Å²) in [6.07, 6.45) is 3.68. The Kier molecular flexibility index (Phi) is 4.00.